The van der Waals surface area contributed by atoms with Crippen LogP contribution in [-0.4, -0.2) is 58.4 Å². The van der Waals surface area contributed by atoms with Crippen molar-refractivity contribution >= 4 is 33.4 Å². The van der Waals surface area contributed by atoms with E-state index in [-0.39, 0.29) is 18.0 Å². The number of amides is 1. The molecule has 1 aliphatic rings. The number of hydrogen-bond donors (Lipinski definition) is 0. The second-order valence-electron chi connectivity index (χ2n) is 8.00. The highest BCUT2D eigenvalue weighted by Gasteiger charge is 2.24. The van der Waals surface area contributed by atoms with Gasteiger partial charge in [-0.05, 0) is 30.3 Å². The summed E-state index contributed by atoms with van der Waals surface area (Å²) in [7, 11) is 3.28. The van der Waals surface area contributed by atoms with Crippen LogP contribution >= 0.6 is 0 Å². The van der Waals surface area contributed by atoms with Gasteiger partial charge in [-0.2, -0.15) is 5.10 Å². The zero-order valence-electron chi connectivity index (χ0n) is 18.2. The molecule has 0 saturated carbocycles. The van der Waals surface area contributed by atoms with Crippen LogP contribution in [0.5, 0.6) is 5.75 Å². The van der Waals surface area contributed by atoms with Crippen LogP contribution in [0.1, 0.15) is 0 Å². The van der Waals surface area contributed by atoms with Crippen molar-refractivity contribution in [1.82, 2.24) is 19.2 Å². The van der Waals surface area contributed by atoms with Crippen molar-refractivity contribution in [2.75, 3.05) is 38.2 Å². The third-order valence-electron chi connectivity index (χ3n) is 6.23. The smallest absolute Gasteiger partial charge is 0.291 e. The van der Waals surface area contributed by atoms with Gasteiger partial charge in [0.05, 0.1) is 13.3 Å². The highest BCUT2D eigenvalue weighted by atomic mass is 16.5. The standard InChI is InChI=1S/C24H25N5O3/c1-26-24(31)23-20(15-25-26)19-5-3-4-6-21(19)29(23)16-22(30)28-13-11-27(12-14-28)17-7-9-18(32-2)10-8-17/h3-10,15H,11-14,16H2,1-2H3. The van der Waals surface area contributed by atoms with E-state index in [4.69, 9.17) is 4.74 Å². The molecule has 164 valence electrons. The summed E-state index contributed by atoms with van der Waals surface area (Å²) in [6.45, 7) is 2.93. The van der Waals surface area contributed by atoms with Crippen molar-refractivity contribution < 1.29 is 9.53 Å². The van der Waals surface area contributed by atoms with E-state index in [9.17, 15) is 9.59 Å². The fourth-order valence-corrected chi connectivity index (χ4v) is 4.45. The molecule has 3 heterocycles. The number of anilines is 1. The van der Waals surface area contributed by atoms with Crippen molar-refractivity contribution in [3.63, 3.8) is 0 Å². The topological polar surface area (TPSA) is 72.6 Å². The first-order valence-electron chi connectivity index (χ1n) is 10.7. The Hall–Kier alpha value is -3.81. The molecule has 0 atom stereocenters. The molecule has 1 fully saturated rings. The lowest BCUT2D eigenvalue weighted by Crippen LogP contribution is -2.49. The lowest BCUT2D eigenvalue weighted by atomic mass is 10.2. The van der Waals surface area contributed by atoms with E-state index in [1.165, 1.54) is 4.68 Å². The summed E-state index contributed by atoms with van der Waals surface area (Å²) in [4.78, 5) is 30.2. The molecule has 2 aromatic heterocycles. The van der Waals surface area contributed by atoms with Gasteiger partial charge in [0.15, 0.2) is 0 Å². The summed E-state index contributed by atoms with van der Waals surface area (Å²) >= 11 is 0. The maximum Gasteiger partial charge on any atom is 0.291 e. The quantitative estimate of drug-likeness (QED) is 0.496. The maximum atomic E-state index is 13.2. The van der Waals surface area contributed by atoms with E-state index in [1.807, 2.05) is 58.0 Å². The number of carbonyl (C=O) groups excluding carboxylic acids is 1. The molecule has 8 nitrogen and oxygen atoms in total. The number of aromatic nitrogens is 3. The molecule has 1 amide bonds. The number of piperazine rings is 1. The highest BCUT2D eigenvalue weighted by Crippen LogP contribution is 2.26. The second-order valence-corrected chi connectivity index (χ2v) is 8.00. The van der Waals surface area contributed by atoms with E-state index in [0.717, 1.165) is 40.8 Å². The molecular weight excluding hydrogens is 406 g/mol. The van der Waals surface area contributed by atoms with Crippen molar-refractivity contribution in [3.8, 4) is 5.75 Å². The van der Waals surface area contributed by atoms with Crippen molar-refractivity contribution in [1.29, 1.82) is 0 Å². The Morgan fingerprint density at radius 3 is 2.44 bits per heavy atom. The van der Waals surface area contributed by atoms with Gasteiger partial charge in [-0.1, -0.05) is 18.2 Å². The number of fused-ring (bicyclic) bond motifs is 3. The number of ether oxygens (including phenoxy) is 1. The van der Waals surface area contributed by atoms with Crippen molar-refractivity contribution in [3.05, 3.63) is 65.1 Å². The normalized spacial score (nSPS) is 14.3. The summed E-state index contributed by atoms with van der Waals surface area (Å²) in [5.74, 6) is 0.844. The predicted molar refractivity (Wildman–Crippen MR) is 124 cm³/mol. The third kappa shape index (κ3) is 3.37. The lowest BCUT2D eigenvalue weighted by molar-refractivity contribution is -0.132. The molecule has 0 unspecified atom stereocenters. The maximum absolute atomic E-state index is 13.2. The van der Waals surface area contributed by atoms with E-state index < -0.39 is 0 Å². The minimum absolute atomic E-state index is 0.0147. The van der Waals surface area contributed by atoms with Crippen LogP contribution in [0.25, 0.3) is 21.8 Å². The first kappa shape index (κ1) is 20.1. The number of aryl methyl sites for hydroxylation is 1. The molecule has 1 aliphatic heterocycles. The first-order chi connectivity index (χ1) is 15.6. The van der Waals surface area contributed by atoms with Crippen LogP contribution in [0.3, 0.4) is 0 Å². The minimum atomic E-state index is -0.198. The van der Waals surface area contributed by atoms with Crippen LogP contribution in [0, 0.1) is 0 Å². The van der Waals surface area contributed by atoms with Gasteiger partial charge in [0, 0.05) is 55.2 Å². The number of para-hydroxylation sites is 1. The molecule has 0 N–H and O–H groups in total. The number of methoxy groups -OCH3 is 1. The summed E-state index contributed by atoms with van der Waals surface area (Å²) in [6.07, 6.45) is 1.70. The fraction of sp³-hybridized carbons (Fsp3) is 0.292. The van der Waals surface area contributed by atoms with Gasteiger partial charge in [0.2, 0.25) is 5.91 Å². The zero-order valence-corrected chi connectivity index (χ0v) is 18.2. The molecule has 4 aromatic rings. The average Bonchev–Trinajstić information content (AvgIpc) is 3.15. The van der Waals surface area contributed by atoms with Gasteiger partial charge in [0.25, 0.3) is 5.56 Å². The van der Waals surface area contributed by atoms with Crippen molar-refractivity contribution in [2.45, 2.75) is 6.54 Å². The summed E-state index contributed by atoms with van der Waals surface area (Å²) in [5.41, 5.74) is 2.32. The van der Waals surface area contributed by atoms with Crippen LogP contribution in [0.15, 0.2) is 59.5 Å². The molecule has 0 aliphatic carbocycles. The van der Waals surface area contributed by atoms with Gasteiger partial charge in [0.1, 0.15) is 17.8 Å². The van der Waals surface area contributed by atoms with E-state index in [1.54, 1.807) is 20.4 Å². The van der Waals surface area contributed by atoms with Crippen LogP contribution in [0.4, 0.5) is 5.69 Å². The summed E-state index contributed by atoms with van der Waals surface area (Å²) in [6, 6.07) is 15.8. The Balaban J connectivity index is 1.37. The lowest BCUT2D eigenvalue weighted by Gasteiger charge is -2.36. The number of nitrogens with zero attached hydrogens (tertiary/aromatic N) is 5. The van der Waals surface area contributed by atoms with Gasteiger partial charge >= 0.3 is 0 Å². The monoisotopic (exact) mass is 431 g/mol. The number of hydrogen-bond acceptors (Lipinski definition) is 5. The Kier molecular flexibility index (Phi) is 5.05. The highest BCUT2D eigenvalue weighted by molar-refractivity contribution is 6.07. The predicted octanol–water partition coefficient (Wildman–Crippen LogP) is 2.25. The molecule has 0 spiro atoms. The van der Waals surface area contributed by atoms with E-state index >= 15 is 0 Å². The molecule has 0 radical (unpaired) electrons. The first-order valence-corrected chi connectivity index (χ1v) is 10.7. The fourth-order valence-electron chi connectivity index (χ4n) is 4.45. The SMILES string of the molecule is COc1ccc(N2CCN(C(=O)Cn3c4ccccc4c4cnn(C)c(=O)c43)CC2)cc1. The van der Waals surface area contributed by atoms with Gasteiger partial charge in [-0.15, -0.1) is 0 Å². The Morgan fingerprint density at radius 2 is 1.72 bits per heavy atom. The van der Waals surface area contributed by atoms with Crippen molar-refractivity contribution in [2.24, 2.45) is 7.05 Å². The van der Waals surface area contributed by atoms with E-state index in [2.05, 4.69) is 10.00 Å². The molecule has 32 heavy (non-hydrogen) atoms. The minimum Gasteiger partial charge on any atom is -0.497 e. The molecular formula is C24H25N5O3. The Labute approximate surface area is 185 Å². The van der Waals surface area contributed by atoms with Gasteiger partial charge in [-0.3, -0.25) is 9.59 Å². The molecule has 0 bridgehead atoms. The molecule has 8 heteroatoms. The third-order valence-corrected chi connectivity index (χ3v) is 6.23. The summed E-state index contributed by atoms with van der Waals surface area (Å²) in [5, 5.41) is 5.88. The zero-order chi connectivity index (χ0) is 22.2. The van der Waals surface area contributed by atoms with Gasteiger partial charge in [-0.25, -0.2) is 4.68 Å². The average molecular weight is 431 g/mol. The molecule has 2 aromatic carbocycles. The molecule has 5 rings (SSSR count). The van der Waals surface area contributed by atoms with Crippen LogP contribution in [-0.2, 0) is 18.4 Å². The summed E-state index contributed by atoms with van der Waals surface area (Å²) < 4.78 is 8.39. The van der Waals surface area contributed by atoms with Crippen LogP contribution in [0.2, 0.25) is 0 Å². The Morgan fingerprint density at radius 1 is 1.00 bits per heavy atom. The second kappa shape index (κ2) is 8.03. The number of rotatable bonds is 4. The van der Waals surface area contributed by atoms with E-state index in [0.29, 0.717) is 18.6 Å². The largest absolute Gasteiger partial charge is 0.497 e. The number of carbonyl (C=O) groups is 1. The van der Waals surface area contributed by atoms with Gasteiger partial charge < -0.3 is 19.1 Å². The van der Waals surface area contributed by atoms with Crippen LogP contribution < -0.4 is 15.2 Å². The molecule has 1 saturated heterocycles. The number of benzene rings is 2. The Bertz CT molecular complexity index is 1350.